The molecule has 0 amide bonds. The molecule has 3 heterocycles. The zero-order valence-electron chi connectivity index (χ0n) is 21.0. The maximum Gasteiger partial charge on any atom is 0.243 e. The molecule has 0 fully saturated rings. The van der Waals surface area contributed by atoms with Crippen LogP contribution in [0.2, 0.25) is 0 Å². The summed E-state index contributed by atoms with van der Waals surface area (Å²) < 4.78 is 47.2. The Morgan fingerprint density at radius 2 is 1.59 bits per heavy atom. The molecule has 4 rings (SSSR count). The second-order valence-corrected chi connectivity index (χ2v) is 10.2. The summed E-state index contributed by atoms with van der Waals surface area (Å²) in [6.45, 7) is 3.43. The van der Waals surface area contributed by atoms with Crippen LogP contribution in [0, 0.1) is 6.92 Å². The monoisotopic (exact) mass is 525 g/mol. The van der Waals surface area contributed by atoms with E-state index in [0.717, 1.165) is 5.56 Å². The number of benzene rings is 1. The first kappa shape index (κ1) is 25.8. The van der Waals surface area contributed by atoms with Crippen molar-refractivity contribution >= 4 is 16.0 Å². The lowest BCUT2D eigenvalue weighted by Crippen LogP contribution is -2.29. The van der Waals surface area contributed by atoms with Crippen molar-refractivity contribution in [2.45, 2.75) is 25.5 Å². The summed E-state index contributed by atoms with van der Waals surface area (Å²) in [4.78, 5) is 12.9. The van der Waals surface area contributed by atoms with E-state index < -0.39 is 15.3 Å². The van der Waals surface area contributed by atoms with Crippen molar-refractivity contribution in [3.05, 3.63) is 60.2 Å². The minimum atomic E-state index is -3.95. The van der Waals surface area contributed by atoms with E-state index in [1.165, 1.54) is 25.9 Å². The lowest BCUT2D eigenvalue weighted by Gasteiger charge is -2.19. The molecule has 13 heteroatoms. The molecule has 194 valence electrons. The molecular formula is C24H27N7O5S. The smallest absolute Gasteiger partial charge is 0.243 e. The van der Waals surface area contributed by atoms with Crippen molar-refractivity contribution in [1.82, 2.24) is 29.7 Å². The van der Waals surface area contributed by atoms with Gasteiger partial charge in [-0.3, -0.25) is 9.29 Å². The largest absolute Gasteiger partial charge is 0.494 e. The van der Waals surface area contributed by atoms with Gasteiger partial charge in [-0.1, -0.05) is 12.1 Å². The van der Waals surface area contributed by atoms with E-state index in [0.29, 0.717) is 34.6 Å². The molecule has 0 saturated heterocycles. The van der Waals surface area contributed by atoms with Gasteiger partial charge in [0.1, 0.15) is 28.7 Å². The maximum atomic E-state index is 13.4. The molecule has 4 aromatic rings. The van der Waals surface area contributed by atoms with Crippen LogP contribution in [0.1, 0.15) is 18.3 Å². The van der Waals surface area contributed by atoms with Gasteiger partial charge in [0.05, 0.1) is 26.6 Å². The summed E-state index contributed by atoms with van der Waals surface area (Å²) in [5.74, 6) is 1.76. The fraction of sp³-hybridized carbons (Fsp3) is 0.292. The van der Waals surface area contributed by atoms with Crippen molar-refractivity contribution in [2.75, 3.05) is 26.1 Å². The fourth-order valence-corrected chi connectivity index (χ4v) is 4.51. The highest BCUT2D eigenvalue weighted by atomic mass is 32.2. The molecule has 3 aromatic heterocycles. The van der Waals surface area contributed by atoms with Crippen LogP contribution in [0.5, 0.6) is 17.4 Å². The summed E-state index contributed by atoms with van der Waals surface area (Å²) in [5, 5.41) is 7.54. The normalized spacial score (nSPS) is 12.1. The number of nitrogens with one attached hydrogen (secondary N) is 1. The number of rotatable bonds is 10. The second-order valence-electron chi connectivity index (χ2n) is 8.10. The number of hydrogen-bond acceptors (Lipinski definition) is 10. The highest BCUT2D eigenvalue weighted by molar-refractivity contribution is 7.93. The van der Waals surface area contributed by atoms with Crippen molar-refractivity contribution < 1.29 is 22.6 Å². The van der Waals surface area contributed by atoms with E-state index in [1.54, 1.807) is 55.7 Å². The molecule has 0 radical (unpaired) electrons. The first-order valence-electron chi connectivity index (χ1n) is 11.2. The summed E-state index contributed by atoms with van der Waals surface area (Å²) in [7, 11) is 0.545. The Bertz CT molecular complexity index is 1470. The summed E-state index contributed by atoms with van der Waals surface area (Å²) in [6, 6.07) is 10.3. The standard InChI is InChI=1S/C24H27N7O5S/c1-15-13-25-20(26-14-15)12-16(2)37(32,33)30-24-29-28-23(17-8-6-11-21(27-17)36-5)31(24)22-18(34-3)9-7-10-19(22)35-4/h6-11,13-14,16H,12H2,1-5H3,(H,29,30). The number of para-hydroxylation sites is 1. The Kier molecular flexibility index (Phi) is 7.53. The van der Waals surface area contributed by atoms with Gasteiger partial charge in [0.15, 0.2) is 5.82 Å². The number of sulfonamides is 1. The molecule has 0 aliphatic rings. The van der Waals surface area contributed by atoms with Gasteiger partial charge in [-0.05, 0) is 37.6 Å². The average molecular weight is 526 g/mol. The van der Waals surface area contributed by atoms with Crippen LogP contribution in [-0.2, 0) is 16.4 Å². The number of pyridine rings is 1. The molecule has 0 saturated carbocycles. The van der Waals surface area contributed by atoms with E-state index in [-0.39, 0.29) is 18.2 Å². The molecule has 37 heavy (non-hydrogen) atoms. The minimum Gasteiger partial charge on any atom is -0.494 e. The Labute approximate surface area is 214 Å². The van der Waals surface area contributed by atoms with Gasteiger partial charge >= 0.3 is 0 Å². The third kappa shape index (κ3) is 5.45. The predicted octanol–water partition coefficient (Wildman–Crippen LogP) is 2.83. The van der Waals surface area contributed by atoms with Crippen LogP contribution in [0.3, 0.4) is 0 Å². The molecule has 1 aromatic carbocycles. The highest BCUT2D eigenvalue weighted by Crippen LogP contribution is 2.37. The van der Waals surface area contributed by atoms with Crippen LogP contribution in [-0.4, -0.2) is 64.7 Å². The quantitative estimate of drug-likeness (QED) is 0.328. The number of hydrogen-bond donors (Lipinski definition) is 1. The second kappa shape index (κ2) is 10.8. The van der Waals surface area contributed by atoms with Crippen molar-refractivity contribution in [1.29, 1.82) is 0 Å². The van der Waals surface area contributed by atoms with E-state index in [9.17, 15) is 8.42 Å². The highest BCUT2D eigenvalue weighted by Gasteiger charge is 2.29. The van der Waals surface area contributed by atoms with Crippen LogP contribution < -0.4 is 18.9 Å². The van der Waals surface area contributed by atoms with E-state index in [4.69, 9.17) is 14.2 Å². The zero-order chi connectivity index (χ0) is 26.6. The van der Waals surface area contributed by atoms with Crippen molar-refractivity contribution in [3.8, 4) is 34.6 Å². The lowest BCUT2D eigenvalue weighted by molar-refractivity contribution is 0.391. The first-order chi connectivity index (χ1) is 17.8. The Hall–Kier alpha value is -4.26. The Morgan fingerprint density at radius 3 is 2.22 bits per heavy atom. The summed E-state index contributed by atoms with van der Waals surface area (Å²) >= 11 is 0. The molecule has 1 atom stereocenters. The third-order valence-electron chi connectivity index (χ3n) is 5.52. The van der Waals surface area contributed by atoms with Crippen molar-refractivity contribution in [3.63, 3.8) is 0 Å². The summed E-state index contributed by atoms with van der Waals surface area (Å²) in [5.41, 5.74) is 1.67. The number of nitrogens with zero attached hydrogens (tertiary/aromatic N) is 6. The molecular weight excluding hydrogens is 498 g/mol. The molecule has 1 unspecified atom stereocenters. The Balaban J connectivity index is 1.82. The number of methoxy groups -OCH3 is 3. The van der Waals surface area contributed by atoms with Gasteiger partial charge in [0, 0.05) is 24.9 Å². The maximum absolute atomic E-state index is 13.4. The molecule has 1 N–H and O–H groups in total. The number of aromatic nitrogens is 6. The first-order valence-corrected chi connectivity index (χ1v) is 12.8. The van der Waals surface area contributed by atoms with Gasteiger partial charge in [-0.15, -0.1) is 10.2 Å². The molecule has 0 spiro atoms. The van der Waals surface area contributed by atoms with Crippen LogP contribution in [0.4, 0.5) is 5.95 Å². The van der Waals surface area contributed by atoms with Crippen molar-refractivity contribution in [2.24, 2.45) is 0 Å². The van der Waals surface area contributed by atoms with Crippen LogP contribution >= 0.6 is 0 Å². The number of anilines is 1. The van der Waals surface area contributed by atoms with Crippen LogP contribution in [0.15, 0.2) is 48.8 Å². The molecule has 0 bridgehead atoms. The van der Waals surface area contributed by atoms with Gasteiger partial charge in [-0.2, -0.15) is 0 Å². The van der Waals surface area contributed by atoms with Gasteiger partial charge in [0.2, 0.25) is 21.9 Å². The number of ether oxygens (including phenoxy) is 3. The Morgan fingerprint density at radius 1 is 0.946 bits per heavy atom. The van der Waals surface area contributed by atoms with E-state index in [2.05, 4.69) is 29.9 Å². The topological polar surface area (TPSA) is 143 Å². The SMILES string of the molecule is COc1cccc(-c2nnc(NS(=O)(=O)C(C)Cc3ncc(C)cn3)n2-c2c(OC)cccc2OC)n1. The zero-order valence-corrected chi connectivity index (χ0v) is 21.9. The van der Waals surface area contributed by atoms with Gasteiger partial charge in [-0.25, -0.2) is 23.4 Å². The molecule has 12 nitrogen and oxygen atoms in total. The lowest BCUT2D eigenvalue weighted by atomic mass is 10.2. The molecule has 0 aliphatic heterocycles. The van der Waals surface area contributed by atoms with E-state index in [1.807, 2.05) is 6.92 Å². The van der Waals surface area contributed by atoms with Gasteiger partial charge < -0.3 is 14.2 Å². The van der Waals surface area contributed by atoms with Gasteiger partial charge in [0.25, 0.3) is 0 Å². The minimum absolute atomic E-state index is 0.0703. The summed E-state index contributed by atoms with van der Waals surface area (Å²) in [6.07, 6.45) is 3.40. The third-order valence-corrected chi connectivity index (χ3v) is 7.21. The van der Waals surface area contributed by atoms with E-state index >= 15 is 0 Å². The fourth-order valence-electron chi connectivity index (χ4n) is 3.55. The average Bonchev–Trinajstić information content (AvgIpc) is 3.31. The van der Waals surface area contributed by atoms with Crippen LogP contribution in [0.25, 0.3) is 17.2 Å². The molecule has 0 aliphatic carbocycles. The number of aryl methyl sites for hydroxylation is 1. The predicted molar refractivity (Wildman–Crippen MR) is 137 cm³/mol.